The molecule has 1 aromatic carbocycles. The van der Waals surface area contributed by atoms with E-state index in [0.717, 1.165) is 0 Å². The van der Waals surface area contributed by atoms with Gasteiger partial charge in [0.1, 0.15) is 5.56 Å². The van der Waals surface area contributed by atoms with Crippen LogP contribution in [0.5, 0.6) is 0 Å². The zero-order valence-electron chi connectivity index (χ0n) is 9.03. The van der Waals surface area contributed by atoms with Gasteiger partial charge in [0.15, 0.2) is 12.1 Å². The second kappa shape index (κ2) is 5.47. The van der Waals surface area contributed by atoms with Gasteiger partial charge in [-0.2, -0.15) is 13.2 Å². The predicted octanol–water partition coefficient (Wildman–Crippen LogP) is 3.00. The molecule has 0 spiro atoms. The number of Topliss-reactive ketones (excluding diaryl/α,β-unsaturated/α-hetero) is 1. The number of carbonyl (C=O) groups excluding carboxylic acids is 2. The second-order valence-electron chi connectivity index (χ2n) is 3.35. The molecule has 0 aliphatic heterocycles. The number of alkyl halides is 4. The molecule has 5 nitrogen and oxygen atoms in total. The third kappa shape index (κ3) is 2.98. The SMILES string of the molecule is O=Cc1c(C(F)(F)F)ccc([N+](=O)[O-])c1C(=O)CBr. The highest BCUT2D eigenvalue weighted by atomic mass is 79.9. The maximum Gasteiger partial charge on any atom is 0.417 e. The van der Waals surface area contributed by atoms with Crippen LogP contribution in [-0.2, 0) is 6.18 Å². The van der Waals surface area contributed by atoms with E-state index in [4.69, 9.17) is 0 Å². The van der Waals surface area contributed by atoms with Crippen molar-refractivity contribution in [3.8, 4) is 0 Å². The van der Waals surface area contributed by atoms with Crippen molar-refractivity contribution in [2.75, 3.05) is 5.33 Å². The van der Waals surface area contributed by atoms with Crippen LogP contribution in [0.3, 0.4) is 0 Å². The molecular weight excluding hydrogens is 335 g/mol. The van der Waals surface area contributed by atoms with Crippen molar-refractivity contribution in [1.29, 1.82) is 0 Å². The van der Waals surface area contributed by atoms with Crippen LogP contribution in [0.2, 0.25) is 0 Å². The summed E-state index contributed by atoms with van der Waals surface area (Å²) in [7, 11) is 0. The van der Waals surface area contributed by atoms with E-state index in [9.17, 15) is 32.9 Å². The van der Waals surface area contributed by atoms with Crippen LogP contribution in [0, 0.1) is 10.1 Å². The minimum atomic E-state index is -4.88. The highest BCUT2D eigenvalue weighted by Gasteiger charge is 2.37. The molecule has 0 fully saturated rings. The van der Waals surface area contributed by atoms with Gasteiger partial charge in [0, 0.05) is 11.6 Å². The van der Waals surface area contributed by atoms with Crippen molar-refractivity contribution >= 4 is 33.7 Å². The number of benzene rings is 1. The fourth-order valence-electron chi connectivity index (χ4n) is 1.49. The molecule has 0 atom stereocenters. The third-order valence-corrected chi connectivity index (χ3v) is 2.75. The normalized spacial score (nSPS) is 11.2. The Bertz CT molecular complexity index is 556. The zero-order valence-corrected chi connectivity index (χ0v) is 10.6. The van der Waals surface area contributed by atoms with E-state index < -0.39 is 44.6 Å². The number of aldehydes is 1. The second-order valence-corrected chi connectivity index (χ2v) is 3.91. The number of ketones is 1. The standard InChI is InChI=1S/C10H5BrF3NO4/c11-3-8(17)9-5(4-16)6(10(12,13)14)1-2-7(9)15(18)19/h1-2,4H,3H2. The lowest BCUT2D eigenvalue weighted by Crippen LogP contribution is -2.16. The number of rotatable bonds is 4. The van der Waals surface area contributed by atoms with E-state index in [1.54, 1.807) is 0 Å². The Balaban J connectivity index is 3.74. The average molecular weight is 340 g/mol. The lowest BCUT2D eigenvalue weighted by atomic mass is 9.97. The Hall–Kier alpha value is -1.77. The van der Waals surface area contributed by atoms with Gasteiger partial charge in [-0.3, -0.25) is 19.7 Å². The van der Waals surface area contributed by atoms with Crippen molar-refractivity contribution in [3.05, 3.63) is 38.9 Å². The summed E-state index contributed by atoms with van der Waals surface area (Å²) in [5.74, 6) is -0.972. The van der Waals surface area contributed by atoms with Crippen molar-refractivity contribution in [1.82, 2.24) is 0 Å². The Morgan fingerprint density at radius 1 is 1.42 bits per heavy atom. The van der Waals surface area contributed by atoms with Gasteiger partial charge in [-0.25, -0.2) is 0 Å². The molecule has 0 aromatic heterocycles. The van der Waals surface area contributed by atoms with Crippen LogP contribution in [0.4, 0.5) is 18.9 Å². The van der Waals surface area contributed by atoms with Crippen molar-refractivity contribution < 1.29 is 27.7 Å². The molecule has 0 radical (unpaired) electrons. The number of hydrogen-bond donors (Lipinski definition) is 0. The first-order chi connectivity index (χ1) is 8.73. The molecule has 0 bridgehead atoms. The quantitative estimate of drug-likeness (QED) is 0.278. The number of halogens is 4. The first-order valence-corrected chi connectivity index (χ1v) is 5.79. The number of nitrogens with zero attached hydrogens (tertiary/aromatic N) is 1. The Labute approximate surface area is 112 Å². The Morgan fingerprint density at radius 2 is 2.00 bits per heavy atom. The molecule has 0 aliphatic carbocycles. The summed E-state index contributed by atoms with van der Waals surface area (Å²) >= 11 is 2.70. The van der Waals surface area contributed by atoms with Crippen molar-refractivity contribution in [2.24, 2.45) is 0 Å². The molecule has 1 aromatic rings. The first kappa shape index (κ1) is 15.3. The number of hydrogen-bond acceptors (Lipinski definition) is 4. The summed E-state index contributed by atoms with van der Waals surface area (Å²) in [6, 6.07) is 0.971. The highest BCUT2D eigenvalue weighted by molar-refractivity contribution is 9.09. The predicted molar refractivity (Wildman–Crippen MR) is 61.6 cm³/mol. The van der Waals surface area contributed by atoms with Crippen molar-refractivity contribution in [2.45, 2.75) is 6.18 Å². The minimum absolute atomic E-state index is 0.203. The maximum absolute atomic E-state index is 12.7. The van der Waals surface area contributed by atoms with Crippen LogP contribution in [-0.4, -0.2) is 22.3 Å². The van der Waals surface area contributed by atoms with Crippen LogP contribution >= 0.6 is 15.9 Å². The van der Waals surface area contributed by atoms with Gasteiger partial charge in [0.05, 0.1) is 15.8 Å². The third-order valence-electron chi connectivity index (χ3n) is 2.24. The maximum atomic E-state index is 12.7. The molecular formula is C10H5BrF3NO4. The zero-order chi connectivity index (χ0) is 14.8. The number of nitro benzene ring substituents is 1. The van der Waals surface area contributed by atoms with Crippen molar-refractivity contribution in [3.63, 3.8) is 0 Å². The van der Waals surface area contributed by atoms with Gasteiger partial charge in [-0.1, -0.05) is 15.9 Å². The van der Waals surface area contributed by atoms with Gasteiger partial charge >= 0.3 is 6.18 Å². The van der Waals surface area contributed by atoms with Gasteiger partial charge < -0.3 is 0 Å². The largest absolute Gasteiger partial charge is 0.417 e. The molecule has 1 rings (SSSR count). The Kier molecular flexibility index (Phi) is 4.40. The monoisotopic (exact) mass is 339 g/mol. The summed E-state index contributed by atoms with van der Waals surface area (Å²) in [6.07, 6.45) is -5.08. The van der Waals surface area contributed by atoms with Crippen LogP contribution < -0.4 is 0 Å². The van der Waals surface area contributed by atoms with E-state index in [1.165, 1.54) is 0 Å². The van der Waals surface area contributed by atoms with E-state index in [-0.39, 0.29) is 6.29 Å². The molecule has 0 unspecified atom stereocenters. The summed E-state index contributed by atoms with van der Waals surface area (Å²) < 4.78 is 38.0. The molecule has 0 saturated carbocycles. The highest BCUT2D eigenvalue weighted by Crippen LogP contribution is 2.36. The minimum Gasteiger partial charge on any atom is -0.298 e. The molecule has 0 amide bonds. The molecule has 0 heterocycles. The fourth-order valence-corrected chi connectivity index (χ4v) is 1.77. The van der Waals surface area contributed by atoms with E-state index in [0.29, 0.717) is 12.1 Å². The van der Waals surface area contributed by atoms with Crippen LogP contribution in [0.25, 0.3) is 0 Å². The summed E-state index contributed by atoms with van der Waals surface area (Å²) in [4.78, 5) is 32.0. The lowest BCUT2D eigenvalue weighted by Gasteiger charge is -2.12. The summed E-state index contributed by atoms with van der Waals surface area (Å²) in [5, 5.41) is 10.3. The van der Waals surface area contributed by atoms with Gasteiger partial charge in [0.2, 0.25) is 0 Å². The van der Waals surface area contributed by atoms with E-state index in [1.807, 2.05) is 0 Å². The van der Waals surface area contributed by atoms with E-state index in [2.05, 4.69) is 15.9 Å². The molecule has 102 valence electrons. The van der Waals surface area contributed by atoms with E-state index >= 15 is 0 Å². The first-order valence-electron chi connectivity index (χ1n) is 4.67. The fraction of sp³-hybridized carbons (Fsp3) is 0.200. The number of carbonyl (C=O) groups is 2. The van der Waals surface area contributed by atoms with Crippen LogP contribution in [0.15, 0.2) is 12.1 Å². The van der Waals surface area contributed by atoms with Gasteiger partial charge in [0.25, 0.3) is 5.69 Å². The summed E-state index contributed by atoms with van der Waals surface area (Å²) in [5.41, 5.74) is -4.07. The van der Waals surface area contributed by atoms with Crippen LogP contribution in [0.1, 0.15) is 26.3 Å². The molecule has 19 heavy (non-hydrogen) atoms. The van der Waals surface area contributed by atoms with Gasteiger partial charge in [-0.15, -0.1) is 0 Å². The molecule has 0 N–H and O–H groups in total. The smallest absolute Gasteiger partial charge is 0.298 e. The number of nitro groups is 1. The van der Waals surface area contributed by atoms with Gasteiger partial charge in [-0.05, 0) is 6.07 Å². The molecule has 9 heteroatoms. The molecule has 0 aliphatic rings. The topological polar surface area (TPSA) is 77.3 Å². The lowest BCUT2D eigenvalue weighted by molar-refractivity contribution is -0.385. The average Bonchev–Trinajstić information content (AvgIpc) is 2.34. The molecule has 0 saturated heterocycles. The Morgan fingerprint density at radius 3 is 2.37 bits per heavy atom. The summed E-state index contributed by atoms with van der Waals surface area (Å²) in [6.45, 7) is 0.